The summed E-state index contributed by atoms with van der Waals surface area (Å²) in [4.78, 5) is 8.86. The lowest BCUT2D eigenvalue weighted by Crippen LogP contribution is -2.47. The number of morpholine rings is 1. The molecule has 1 aliphatic heterocycles. The molecule has 0 spiro atoms. The molecule has 0 amide bonds. The standard InChI is InChI=1S/C14H24N4O3S/c1-4-5-13-16-11(2)8-14(17-13)15-9-12-10-18(6-7-21-12)22(3,19)20/h8,12H,4-7,9-10H2,1-3H3,(H,15,16,17). The van der Waals surface area contributed by atoms with E-state index in [4.69, 9.17) is 4.74 Å². The van der Waals surface area contributed by atoms with Crippen LogP contribution in [0.3, 0.4) is 0 Å². The normalized spacial score (nSPS) is 20.0. The van der Waals surface area contributed by atoms with Crippen molar-refractivity contribution in [3.8, 4) is 0 Å². The zero-order valence-corrected chi connectivity index (χ0v) is 14.2. The smallest absolute Gasteiger partial charge is 0.211 e. The predicted molar refractivity (Wildman–Crippen MR) is 85.4 cm³/mol. The first-order valence-corrected chi connectivity index (χ1v) is 9.38. The molecule has 1 fully saturated rings. The Balaban J connectivity index is 1.95. The molecule has 1 saturated heterocycles. The molecule has 124 valence electrons. The highest BCUT2D eigenvalue weighted by molar-refractivity contribution is 7.88. The monoisotopic (exact) mass is 328 g/mol. The summed E-state index contributed by atoms with van der Waals surface area (Å²) in [5.74, 6) is 1.59. The number of ether oxygens (including phenoxy) is 1. The molecule has 1 atom stereocenters. The van der Waals surface area contributed by atoms with Crippen LogP contribution in [-0.4, -0.2) is 61.3 Å². The molecule has 1 aromatic rings. The van der Waals surface area contributed by atoms with E-state index >= 15 is 0 Å². The van der Waals surface area contributed by atoms with Gasteiger partial charge in [-0.05, 0) is 13.3 Å². The van der Waals surface area contributed by atoms with E-state index < -0.39 is 10.0 Å². The van der Waals surface area contributed by atoms with Gasteiger partial charge in [-0.15, -0.1) is 0 Å². The van der Waals surface area contributed by atoms with Crippen LogP contribution in [0.25, 0.3) is 0 Å². The van der Waals surface area contributed by atoms with Crippen molar-refractivity contribution in [2.75, 3.05) is 37.8 Å². The van der Waals surface area contributed by atoms with Crippen LogP contribution in [0.15, 0.2) is 6.07 Å². The second kappa shape index (κ2) is 7.34. The molecule has 0 bridgehead atoms. The van der Waals surface area contributed by atoms with E-state index in [1.165, 1.54) is 10.6 Å². The number of hydrogen-bond acceptors (Lipinski definition) is 6. The van der Waals surface area contributed by atoms with Crippen LogP contribution < -0.4 is 5.32 Å². The zero-order valence-electron chi connectivity index (χ0n) is 13.4. The van der Waals surface area contributed by atoms with Gasteiger partial charge in [-0.1, -0.05) is 6.92 Å². The number of hydrogen-bond donors (Lipinski definition) is 1. The topological polar surface area (TPSA) is 84.4 Å². The van der Waals surface area contributed by atoms with Crippen LogP contribution in [0.4, 0.5) is 5.82 Å². The Hall–Kier alpha value is -1.25. The van der Waals surface area contributed by atoms with E-state index in [2.05, 4.69) is 22.2 Å². The summed E-state index contributed by atoms with van der Waals surface area (Å²) in [7, 11) is -3.16. The van der Waals surface area contributed by atoms with Crippen molar-refractivity contribution in [2.24, 2.45) is 0 Å². The largest absolute Gasteiger partial charge is 0.374 e. The summed E-state index contributed by atoms with van der Waals surface area (Å²) in [5.41, 5.74) is 0.920. The molecule has 0 radical (unpaired) electrons. The van der Waals surface area contributed by atoms with E-state index in [0.717, 1.165) is 30.2 Å². The van der Waals surface area contributed by atoms with Crippen molar-refractivity contribution in [3.63, 3.8) is 0 Å². The van der Waals surface area contributed by atoms with E-state index in [1.54, 1.807) is 0 Å². The minimum Gasteiger partial charge on any atom is -0.374 e. The number of rotatable bonds is 6. The molecule has 0 aliphatic carbocycles. The third-order valence-electron chi connectivity index (χ3n) is 3.46. The molecular formula is C14H24N4O3S. The maximum Gasteiger partial charge on any atom is 0.211 e. The Morgan fingerprint density at radius 2 is 2.23 bits per heavy atom. The van der Waals surface area contributed by atoms with Crippen molar-refractivity contribution in [1.29, 1.82) is 0 Å². The molecule has 2 heterocycles. The molecule has 0 aromatic carbocycles. The fourth-order valence-corrected chi connectivity index (χ4v) is 3.23. The fraction of sp³-hybridized carbons (Fsp3) is 0.714. The van der Waals surface area contributed by atoms with Crippen LogP contribution >= 0.6 is 0 Å². The van der Waals surface area contributed by atoms with Gasteiger partial charge in [-0.2, -0.15) is 4.31 Å². The average molecular weight is 328 g/mol. The maximum absolute atomic E-state index is 11.6. The summed E-state index contributed by atoms with van der Waals surface area (Å²) in [6, 6.07) is 1.89. The number of anilines is 1. The minimum atomic E-state index is -3.16. The molecule has 1 aliphatic rings. The molecule has 2 rings (SSSR count). The lowest BCUT2D eigenvalue weighted by molar-refractivity contribution is 0.00700. The first-order valence-electron chi connectivity index (χ1n) is 7.53. The van der Waals surface area contributed by atoms with Gasteiger partial charge in [-0.25, -0.2) is 18.4 Å². The molecule has 1 aromatic heterocycles. The summed E-state index contributed by atoms with van der Waals surface area (Å²) >= 11 is 0. The Morgan fingerprint density at radius 1 is 1.45 bits per heavy atom. The Morgan fingerprint density at radius 3 is 2.91 bits per heavy atom. The Kier molecular flexibility index (Phi) is 5.71. The van der Waals surface area contributed by atoms with Gasteiger partial charge in [0.05, 0.1) is 19.0 Å². The SMILES string of the molecule is CCCc1nc(C)cc(NCC2CN(S(C)(=O)=O)CCO2)n1. The quantitative estimate of drug-likeness (QED) is 0.832. The molecular weight excluding hydrogens is 304 g/mol. The molecule has 22 heavy (non-hydrogen) atoms. The zero-order chi connectivity index (χ0) is 16.2. The van der Waals surface area contributed by atoms with E-state index in [-0.39, 0.29) is 6.10 Å². The highest BCUT2D eigenvalue weighted by Crippen LogP contribution is 2.12. The van der Waals surface area contributed by atoms with Crippen molar-refractivity contribution >= 4 is 15.8 Å². The Bertz CT molecular complexity index is 606. The van der Waals surface area contributed by atoms with E-state index in [0.29, 0.717) is 26.2 Å². The lowest BCUT2D eigenvalue weighted by Gasteiger charge is -2.31. The summed E-state index contributed by atoms with van der Waals surface area (Å²) in [6.07, 6.45) is 2.90. The number of aromatic nitrogens is 2. The first kappa shape index (κ1) is 17.1. The molecule has 8 heteroatoms. The second-order valence-electron chi connectivity index (χ2n) is 5.56. The van der Waals surface area contributed by atoms with Gasteiger partial charge in [0.15, 0.2) is 0 Å². The summed E-state index contributed by atoms with van der Waals surface area (Å²) < 4.78 is 30.3. The number of nitrogens with one attached hydrogen (secondary N) is 1. The van der Waals surface area contributed by atoms with Crippen molar-refractivity contribution in [3.05, 3.63) is 17.6 Å². The lowest BCUT2D eigenvalue weighted by atomic mass is 10.3. The van der Waals surface area contributed by atoms with Crippen molar-refractivity contribution in [1.82, 2.24) is 14.3 Å². The number of aryl methyl sites for hydroxylation is 2. The molecule has 1 N–H and O–H groups in total. The van der Waals surface area contributed by atoms with Gasteiger partial charge in [0.2, 0.25) is 10.0 Å². The van der Waals surface area contributed by atoms with Crippen LogP contribution in [0.5, 0.6) is 0 Å². The van der Waals surface area contributed by atoms with Crippen LogP contribution in [0.2, 0.25) is 0 Å². The fourth-order valence-electron chi connectivity index (χ4n) is 2.39. The van der Waals surface area contributed by atoms with E-state index in [1.807, 2.05) is 13.0 Å². The highest BCUT2D eigenvalue weighted by Gasteiger charge is 2.26. The molecule has 7 nitrogen and oxygen atoms in total. The van der Waals surface area contributed by atoms with Gasteiger partial charge < -0.3 is 10.1 Å². The van der Waals surface area contributed by atoms with Crippen LogP contribution in [0, 0.1) is 6.92 Å². The first-order chi connectivity index (χ1) is 10.4. The van der Waals surface area contributed by atoms with Gasteiger partial charge in [0.25, 0.3) is 0 Å². The third-order valence-corrected chi connectivity index (χ3v) is 4.73. The van der Waals surface area contributed by atoms with Crippen molar-refractivity contribution in [2.45, 2.75) is 32.8 Å². The van der Waals surface area contributed by atoms with Crippen LogP contribution in [-0.2, 0) is 21.2 Å². The summed E-state index contributed by atoms with van der Waals surface area (Å²) in [5, 5.41) is 3.23. The number of sulfonamides is 1. The number of nitrogens with zero attached hydrogens (tertiary/aromatic N) is 3. The van der Waals surface area contributed by atoms with Gasteiger partial charge >= 0.3 is 0 Å². The van der Waals surface area contributed by atoms with E-state index in [9.17, 15) is 8.42 Å². The van der Waals surface area contributed by atoms with Crippen LogP contribution in [0.1, 0.15) is 24.9 Å². The average Bonchev–Trinajstić information content (AvgIpc) is 2.44. The van der Waals surface area contributed by atoms with Gasteiger partial charge in [0.1, 0.15) is 11.6 Å². The molecule has 0 saturated carbocycles. The van der Waals surface area contributed by atoms with Gasteiger partial charge in [-0.3, -0.25) is 0 Å². The molecule has 1 unspecified atom stereocenters. The third kappa shape index (κ3) is 4.89. The van der Waals surface area contributed by atoms with Gasteiger partial charge in [0, 0.05) is 37.8 Å². The van der Waals surface area contributed by atoms with Crippen molar-refractivity contribution < 1.29 is 13.2 Å². The maximum atomic E-state index is 11.6. The second-order valence-corrected chi connectivity index (χ2v) is 7.54. The Labute approximate surface area is 132 Å². The summed E-state index contributed by atoms with van der Waals surface area (Å²) in [6.45, 7) is 5.76. The predicted octanol–water partition coefficient (Wildman–Crippen LogP) is 0.810. The minimum absolute atomic E-state index is 0.173. The highest BCUT2D eigenvalue weighted by atomic mass is 32.2.